The van der Waals surface area contributed by atoms with E-state index < -0.39 is 0 Å². The zero-order valence-corrected chi connectivity index (χ0v) is 13.4. The molecule has 0 aromatic heterocycles. The maximum atomic E-state index is 6.06. The lowest BCUT2D eigenvalue weighted by molar-refractivity contribution is 0.408. The van der Waals surface area contributed by atoms with Crippen LogP contribution in [0.5, 0.6) is 17.2 Å². The molecular weight excluding hydrogens is 262 g/mol. The van der Waals surface area contributed by atoms with Crippen LogP contribution in [0.25, 0.3) is 0 Å². The highest BCUT2D eigenvalue weighted by atomic mass is 16.5. The zero-order valence-electron chi connectivity index (χ0n) is 13.4. The highest BCUT2D eigenvalue weighted by Crippen LogP contribution is 2.37. The number of rotatable bonds is 3. The second-order valence-corrected chi connectivity index (χ2v) is 6.26. The van der Waals surface area contributed by atoms with Gasteiger partial charge in [0.15, 0.2) is 5.75 Å². The number of nitrogens with two attached hydrogens (primary N) is 1. The molecular formula is C18H23NO2. The largest absolute Gasteiger partial charge is 0.497 e. The fourth-order valence-corrected chi connectivity index (χ4v) is 2.17. The van der Waals surface area contributed by atoms with Crippen LogP contribution < -0.4 is 15.2 Å². The van der Waals surface area contributed by atoms with Crippen molar-refractivity contribution in [3.8, 4) is 17.2 Å². The minimum atomic E-state index is -0.00498. The van der Waals surface area contributed by atoms with Crippen LogP contribution in [0.2, 0.25) is 0 Å². The summed E-state index contributed by atoms with van der Waals surface area (Å²) in [5.41, 5.74) is 8.96. The fourth-order valence-electron chi connectivity index (χ4n) is 2.17. The van der Waals surface area contributed by atoms with Crippen LogP contribution >= 0.6 is 0 Å². The summed E-state index contributed by atoms with van der Waals surface area (Å²) in [5.74, 6) is 2.17. The Labute approximate surface area is 126 Å². The summed E-state index contributed by atoms with van der Waals surface area (Å²) in [5, 5.41) is 0. The van der Waals surface area contributed by atoms with Crippen molar-refractivity contribution in [1.82, 2.24) is 0 Å². The number of nitrogen functional groups attached to an aromatic ring is 1. The Morgan fingerprint density at radius 2 is 1.67 bits per heavy atom. The van der Waals surface area contributed by atoms with E-state index >= 15 is 0 Å². The molecule has 2 N–H and O–H groups in total. The first kappa shape index (κ1) is 15.2. The van der Waals surface area contributed by atoms with Crippen molar-refractivity contribution in [2.45, 2.75) is 33.1 Å². The smallest absolute Gasteiger partial charge is 0.154 e. The molecule has 2 rings (SSSR count). The Hall–Kier alpha value is -2.16. The minimum Gasteiger partial charge on any atom is -0.497 e. The molecule has 112 valence electrons. The van der Waals surface area contributed by atoms with Crippen LogP contribution in [0.4, 0.5) is 5.69 Å². The van der Waals surface area contributed by atoms with Gasteiger partial charge in [-0.05, 0) is 30.5 Å². The number of hydrogen-bond donors (Lipinski definition) is 1. The number of anilines is 1. The average Bonchev–Trinajstić information content (AvgIpc) is 2.42. The van der Waals surface area contributed by atoms with E-state index in [-0.39, 0.29) is 5.41 Å². The number of ether oxygens (including phenoxy) is 2. The Morgan fingerprint density at radius 3 is 2.29 bits per heavy atom. The maximum absolute atomic E-state index is 6.06. The van der Waals surface area contributed by atoms with Gasteiger partial charge in [0.2, 0.25) is 0 Å². The van der Waals surface area contributed by atoms with Gasteiger partial charge in [0, 0.05) is 11.6 Å². The van der Waals surface area contributed by atoms with Gasteiger partial charge in [0.25, 0.3) is 0 Å². The van der Waals surface area contributed by atoms with Crippen LogP contribution in [0, 0.1) is 6.92 Å². The van der Waals surface area contributed by atoms with E-state index in [4.69, 9.17) is 15.2 Å². The van der Waals surface area contributed by atoms with Gasteiger partial charge in [-0.1, -0.05) is 38.5 Å². The van der Waals surface area contributed by atoms with Crippen LogP contribution in [-0.2, 0) is 5.41 Å². The number of hydrogen-bond acceptors (Lipinski definition) is 3. The highest BCUT2D eigenvalue weighted by molar-refractivity contribution is 5.58. The topological polar surface area (TPSA) is 44.5 Å². The summed E-state index contributed by atoms with van der Waals surface area (Å²) in [6.07, 6.45) is 0. The van der Waals surface area contributed by atoms with E-state index in [1.165, 1.54) is 5.56 Å². The molecule has 0 spiro atoms. The molecule has 0 fully saturated rings. The average molecular weight is 285 g/mol. The van der Waals surface area contributed by atoms with Crippen LogP contribution in [0.15, 0.2) is 36.4 Å². The van der Waals surface area contributed by atoms with E-state index in [2.05, 4.69) is 33.8 Å². The van der Waals surface area contributed by atoms with Gasteiger partial charge >= 0.3 is 0 Å². The lowest BCUT2D eigenvalue weighted by atomic mass is 9.85. The SMILES string of the molecule is COc1ccc(N)c(Oc2ccc(C)cc2C(C)(C)C)c1. The van der Waals surface area contributed by atoms with Crippen molar-refractivity contribution in [2.75, 3.05) is 12.8 Å². The van der Waals surface area contributed by atoms with Crippen molar-refractivity contribution in [1.29, 1.82) is 0 Å². The summed E-state index contributed by atoms with van der Waals surface area (Å²) < 4.78 is 11.3. The molecule has 0 bridgehead atoms. The van der Waals surface area contributed by atoms with Gasteiger partial charge in [0.1, 0.15) is 11.5 Å². The molecule has 0 aliphatic heterocycles. The number of aryl methyl sites for hydroxylation is 1. The van der Waals surface area contributed by atoms with E-state index in [0.717, 1.165) is 17.1 Å². The monoisotopic (exact) mass is 285 g/mol. The highest BCUT2D eigenvalue weighted by Gasteiger charge is 2.20. The lowest BCUT2D eigenvalue weighted by Crippen LogP contribution is -2.13. The van der Waals surface area contributed by atoms with Gasteiger partial charge in [-0.15, -0.1) is 0 Å². The number of benzene rings is 2. The van der Waals surface area contributed by atoms with Crippen LogP contribution in [0.3, 0.4) is 0 Å². The summed E-state index contributed by atoms with van der Waals surface area (Å²) in [6, 6.07) is 11.6. The predicted octanol–water partition coefficient (Wildman–Crippen LogP) is 4.68. The molecule has 21 heavy (non-hydrogen) atoms. The molecule has 0 saturated carbocycles. The predicted molar refractivity (Wildman–Crippen MR) is 87.4 cm³/mol. The first-order valence-corrected chi connectivity index (χ1v) is 7.04. The molecule has 0 radical (unpaired) electrons. The quantitative estimate of drug-likeness (QED) is 0.833. The third kappa shape index (κ3) is 3.48. The van der Waals surface area contributed by atoms with Crippen molar-refractivity contribution in [2.24, 2.45) is 0 Å². The van der Waals surface area contributed by atoms with E-state index in [1.54, 1.807) is 13.2 Å². The van der Waals surface area contributed by atoms with Crippen molar-refractivity contribution in [3.63, 3.8) is 0 Å². The van der Waals surface area contributed by atoms with Gasteiger partial charge in [0.05, 0.1) is 12.8 Å². The van der Waals surface area contributed by atoms with Gasteiger partial charge in [-0.2, -0.15) is 0 Å². The first-order valence-electron chi connectivity index (χ1n) is 7.04. The molecule has 0 unspecified atom stereocenters. The molecule has 0 heterocycles. The second kappa shape index (κ2) is 5.68. The molecule has 0 aliphatic rings. The Morgan fingerprint density at radius 1 is 0.952 bits per heavy atom. The Kier molecular flexibility index (Phi) is 4.12. The van der Waals surface area contributed by atoms with Crippen molar-refractivity contribution >= 4 is 5.69 Å². The maximum Gasteiger partial charge on any atom is 0.154 e. The zero-order chi connectivity index (χ0) is 15.6. The molecule has 0 saturated heterocycles. The summed E-state index contributed by atoms with van der Waals surface area (Å²) in [4.78, 5) is 0. The van der Waals surface area contributed by atoms with E-state index in [1.807, 2.05) is 24.3 Å². The second-order valence-electron chi connectivity index (χ2n) is 6.26. The fraction of sp³-hybridized carbons (Fsp3) is 0.333. The molecule has 0 amide bonds. The minimum absolute atomic E-state index is 0.00498. The van der Waals surface area contributed by atoms with Crippen molar-refractivity contribution in [3.05, 3.63) is 47.5 Å². The number of methoxy groups -OCH3 is 1. The molecule has 3 heteroatoms. The Bertz CT molecular complexity index is 642. The third-order valence-electron chi connectivity index (χ3n) is 3.38. The van der Waals surface area contributed by atoms with Gasteiger partial charge in [-0.3, -0.25) is 0 Å². The van der Waals surface area contributed by atoms with Gasteiger partial charge in [-0.25, -0.2) is 0 Å². The molecule has 2 aromatic rings. The molecule has 0 atom stereocenters. The van der Waals surface area contributed by atoms with Crippen LogP contribution in [0.1, 0.15) is 31.9 Å². The third-order valence-corrected chi connectivity index (χ3v) is 3.38. The summed E-state index contributed by atoms with van der Waals surface area (Å²) in [7, 11) is 1.63. The van der Waals surface area contributed by atoms with Crippen molar-refractivity contribution < 1.29 is 9.47 Å². The van der Waals surface area contributed by atoms with E-state index in [0.29, 0.717) is 11.4 Å². The Balaban J connectivity index is 2.45. The van der Waals surface area contributed by atoms with E-state index in [9.17, 15) is 0 Å². The molecule has 3 nitrogen and oxygen atoms in total. The summed E-state index contributed by atoms with van der Waals surface area (Å²) in [6.45, 7) is 8.59. The first-order chi connectivity index (χ1) is 9.81. The van der Waals surface area contributed by atoms with Crippen LogP contribution in [-0.4, -0.2) is 7.11 Å². The standard InChI is InChI=1S/C18H23NO2/c1-12-6-9-16(14(10-12)18(2,3)4)21-17-11-13(20-5)7-8-15(17)19/h6-11H,19H2,1-5H3. The molecule has 2 aromatic carbocycles. The van der Waals surface area contributed by atoms with Gasteiger partial charge < -0.3 is 15.2 Å². The summed E-state index contributed by atoms with van der Waals surface area (Å²) >= 11 is 0. The normalized spacial score (nSPS) is 11.3. The molecule has 0 aliphatic carbocycles. The lowest BCUT2D eigenvalue weighted by Gasteiger charge is -2.23.